The summed E-state index contributed by atoms with van der Waals surface area (Å²) in [7, 11) is 1.49. The molecule has 6 heteroatoms. The minimum Gasteiger partial charge on any atom is -0.493 e. The van der Waals surface area contributed by atoms with E-state index in [4.69, 9.17) is 15.2 Å². The first-order chi connectivity index (χ1) is 9.92. The molecule has 0 saturated carbocycles. The summed E-state index contributed by atoms with van der Waals surface area (Å²) in [5.74, 6) is 0.146. The molecule has 0 aliphatic carbocycles. The molecule has 6 nitrogen and oxygen atoms in total. The van der Waals surface area contributed by atoms with E-state index in [1.54, 1.807) is 24.3 Å². The largest absolute Gasteiger partial charge is 0.493 e. The summed E-state index contributed by atoms with van der Waals surface area (Å²) in [5.41, 5.74) is 5.80. The molecule has 0 aromatic heterocycles. The minimum absolute atomic E-state index is 0.0845. The fraction of sp³-hybridized carbons (Fsp3) is 0.333. The standard InChI is InChI=1S/C15H20N2O4/c1-10(2)17-15(19)7-5-11-4-6-12(13(8-11)20-3)21-9-14(16)18/h4-8,10H,9H2,1-3H3,(H2,16,18)(H,17,19)/b7-5+. The highest BCUT2D eigenvalue weighted by molar-refractivity contribution is 5.91. The van der Waals surface area contributed by atoms with Crippen molar-refractivity contribution in [1.82, 2.24) is 5.32 Å². The van der Waals surface area contributed by atoms with Crippen LogP contribution in [0.1, 0.15) is 19.4 Å². The third kappa shape index (κ3) is 5.99. The number of carbonyl (C=O) groups is 2. The summed E-state index contributed by atoms with van der Waals surface area (Å²) >= 11 is 0. The van der Waals surface area contributed by atoms with Gasteiger partial charge in [-0.05, 0) is 37.6 Å². The highest BCUT2D eigenvalue weighted by Gasteiger charge is 2.06. The van der Waals surface area contributed by atoms with Crippen LogP contribution in [-0.4, -0.2) is 31.6 Å². The van der Waals surface area contributed by atoms with Crippen LogP contribution in [-0.2, 0) is 9.59 Å². The van der Waals surface area contributed by atoms with Gasteiger partial charge >= 0.3 is 0 Å². The highest BCUT2D eigenvalue weighted by Crippen LogP contribution is 2.28. The van der Waals surface area contributed by atoms with Gasteiger partial charge in [-0.3, -0.25) is 9.59 Å². The van der Waals surface area contributed by atoms with Crippen molar-refractivity contribution in [2.75, 3.05) is 13.7 Å². The van der Waals surface area contributed by atoms with E-state index in [1.165, 1.54) is 13.2 Å². The lowest BCUT2D eigenvalue weighted by molar-refractivity contribution is -0.120. The van der Waals surface area contributed by atoms with Gasteiger partial charge in [0.25, 0.3) is 5.91 Å². The van der Waals surface area contributed by atoms with E-state index in [1.807, 2.05) is 13.8 Å². The number of hydrogen-bond donors (Lipinski definition) is 2. The Morgan fingerprint density at radius 2 is 2.05 bits per heavy atom. The first kappa shape index (κ1) is 16.6. The number of benzene rings is 1. The predicted octanol–water partition coefficient (Wildman–Crippen LogP) is 1.10. The van der Waals surface area contributed by atoms with Gasteiger partial charge in [0.2, 0.25) is 5.91 Å². The first-order valence-corrected chi connectivity index (χ1v) is 6.50. The van der Waals surface area contributed by atoms with Crippen LogP contribution in [0.3, 0.4) is 0 Å². The lowest BCUT2D eigenvalue weighted by Crippen LogP contribution is -2.28. The maximum absolute atomic E-state index is 11.5. The zero-order chi connectivity index (χ0) is 15.8. The Morgan fingerprint density at radius 3 is 2.62 bits per heavy atom. The van der Waals surface area contributed by atoms with E-state index in [-0.39, 0.29) is 18.6 Å². The molecule has 21 heavy (non-hydrogen) atoms. The smallest absolute Gasteiger partial charge is 0.255 e. The fourth-order valence-electron chi connectivity index (χ4n) is 1.56. The number of carbonyl (C=O) groups excluding carboxylic acids is 2. The van der Waals surface area contributed by atoms with Crippen LogP contribution < -0.4 is 20.5 Å². The molecule has 0 aliphatic heterocycles. The molecule has 0 spiro atoms. The van der Waals surface area contributed by atoms with Gasteiger partial charge in [0.05, 0.1) is 7.11 Å². The van der Waals surface area contributed by atoms with E-state index in [0.29, 0.717) is 11.5 Å². The number of nitrogens with two attached hydrogens (primary N) is 1. The number of methoxy groups -OCH3 is 1. The van der Waals surface area contributed by atoms with Crippen molar-refractivity contribution in [2.45, 2.75) is 19.9 Å². The third-order valence-corrected chi connectivity index (χ3v) is 2.42. The molecule has 0 aliphatic rings. The minimum atomic E-state index is -0.564. The maximum atomic E-state index is 11.5. The Morgan fingerprint density at radius 1 is 1.33 bits per heavy atom. The quantitative estimate of drug-likeness (QED) is 0.736. The van der Waals surface area contributed by atoms with Crippen LogP contribution in [0, 0.1) is 0 Å². The second-order valence-corrected chi connectivity index (χ2v) is 4.66. The number of rotatable bonds is 7. The molecule has 3 N–H and O–H groups in total. The summed E-state index contributed by atoms with van der Waals surface area (Å²) in [5, 5.41) is 2.75. The van der Waals surface area contributed by atoms with Crippen LogP contribution in [0.5, 0.6) is 11.5 Å². The molecule has 2 amide bonds. The van der Waals surface area contributed by atoms with E-state index >= 15 is 0 Å². The molecule has 1 aromatic carbocycles. The summed E-state index contributed by atoms with van der Waals surface area (Å²) < 4.78 is 10.4. The van der Waals surface area contributed by atoms with Gasteiger partial charge in [0.1, 0.15) is 0 Å². The van der Waals surface area contributed by atoms with E-state index in [2.05, 4.69) is 5.32 Å². The lowest BCUT2D eigenvalue weighted by atomic mass is 10.2. The van der Waals surface area contributed by atoms with Crippen molar-refractivity contribution in [3.05, 3.63) is 29.8 Å². The van der Waals surface area contributed by atoms with Gasteiger partial charge in [-0.25, -0.2) is 0 Å². The van der Waals surface area contributed by atoms with Crippen molar-refractivity contribution in [3.63, 3.8) is 0 Å². The van der Waals surface area contributed by atoms with Crippen LogP contribution in [0.2, 0.25) is 0 Å². The van der Waals surface area contributed by atoms with E-state index < -0.39 is 5.91 Å². The molecule has 0 fully saturated rings. The van der Waals surface area contributed by atoms with E-state index in [0.717, 1.165) is 5.56 Å². The number of primary amides is 1. The first-order valence-electron chi connectivity index (χ1n) is 6.50. The van der Waals surface area contributed by atoms with Crippen molar-refractivity contribution < 1.29 is 19.1 Å². The molecule has 1 rings (SSSR count). The summed E-state index contributed by atoms with van der Waals surface area (Å²) in [6.45, 7) is 3.56. The topological polar surface area (TPSA) is 90.7 Å². The Balaban J connectivity index is 2.79. The Hall–Kier alpha value is -2.50. The molecular formula is C15H20N2O4. The average Bonchev–Trinajstić information content (AvgIpc) is 2.42. The molecule has 114 valence electrons. The molecule has 0 unspecified atom stereocenters. The van der Waals surface area contributed by atoms with Gasteiger partial charge in [-0.1, -0.05) is 6.07 Å². The van der Waals surface area contributed by atoms with Crippen molar-refractivity contribution >= 4 is 17.9 Å². The van der Waals surface area contributed by atoms with Crippen LogP contribution >= 0.6 is 0 Å². The lowest BCUT2D eigenvalue weighted by Gasteiger charge is -2.10. The van der Waals surface area contributed by atoms with Gasteiger partial charge in [0.15, 0.2) is 18.1 Å². The van der Waals surface area contributed by atoms with Crippen LogP contribution in [0.15, 0.2) is 24.3 Å². The Labute approximate surface area is 123 Å². The Kier molecular flexibility index (Phi) is 6.26. The molecule has 0 bridgehead atoms. The Bertz CT molecular complexity index is 538. The SMILES string of the molecule is COc1cc(/C=C/C(=O)NC(C)C)ccc1OCC(N)=O. The normalized spacial score (nSPS) is 10.7. The summed E-state index contributed by atoms with van der Waals surface area (Å²) in [6.07, 6.45) is 3.11. The molecule has 0 heterocycles. The highest BCUT2D eigenvalue weighted by atomic mass is 16.5. The molecule has 0 saturated heterocycles. The van der Waals surface area contributed by atoms with Gasteiger partial charge in [-0.2, -0.15) is 0 Å². The molecule has 1 aromatic rings. The zero-order valence-corrected chi connectivity index (χ0v) is 12.4. The van der Waals surface area contributed by atoms with E-state index in [9.17, 15) is 9.59 Å². The predicted molar refractivity (Wildman–Crippen MR) is 80.0 cm³/mol. The van der Waals surface area contributed by atoms with Crippen LogP contribution in [0.25, 0.3) is 6.08 Å². The molecule has 0 radical (unpaired) electrons. The summed E-state index contributed by atoms with van der Waals surface area (Å²) in [6, 6.07) is 5.19. The van der Waals surface area contributed by atoms with Gasteiger partial charge < -0.3 is 20.5 Å². The number of amides is 2. The monoisotopic (exact) mass is 292 g/mol. The third-order valence-electron chi connectivity index (χ3n) is 2.42. The van der Waals surface area contributed by atoms with Crippen molar-refractivity contribution in [3.8, 4) is 11.5 Å². The second kappa shape index (κ2) is 7.94. The number of hydrogen-bond acceptors (Lipinski definition) is 4. The molecular weight excluding hydrogens is 272 g/mol. The van der Waals surface area contributed by atoms with Gasteiger partial charge in [0, 0.05) is 12.1 Å². The zero-order valence-electron chi connectivity index (χ0n) is 12.4. The van der Waals surface area contributed by atoms with Gasteiger partial charge in [-0.15, -0.1) is 0 Å². The second-order valence-electron chi connectivity index (χ2n) is 4.66. The van der Waals surface area contributed by atoms with Crippen molar-refractivity contribution in [1.29, 1.82) is 0 Å². The number of nitrogens with one attached hydrogen (secondary N) is 1. The number of ether oxygens (including phenoxy) is 2. The molecule has 0 atom stereocenters. The average molecular weight is 292 g/mol. The maximum Gasteiger partial charge on any atom is 0.255 e. The van der Waals surface area contributed by atoms with Crippen molar-refractivity contribution in [2.24, 2.45) is 5.73 Å². The fourth-order valence-corrected chi connectivity index (χ4v) is 1.56. The summed E-state index contributed by atoms with van der Waals surface area (Å²) in [4.78, 5) is 22.2. The van der Waals surface area contributed by atoms with Crippen LogP contribution in [0.4, 0.5) is 0 Å².